The van der Waals surface area contributed by atoms with Crippen molar-refractivity contribution in [3.05, 3.63) is 89.2 Å². The van der Waals surface area contributed by atoms with Crippen molar-refractivity contribution < 1.29 is 17.6 Å². The number of nitrogens with zero attached hydrogens (tertiary/aromatic N) is 1. The van der Waals surface area contributed by atoms with E-state index in [-0.39, 0.29) is 22.0 Å². The van der Waals surface area contributed by atoms with Gasteiger partial charge in [-0.3, -0.25) is 4.72 Å². The maximum atomic E-state index is 13.1. The predicted molar refractivity (Wildman–Crippen MR) is 127 cm³/mol. The second kappa shape index (κ2) is 8.51. The highest BCUT2D eigenvalue weighted by atomic mass is 32.2. The number of anilines is 2. The largest absolute Gasteiger partial charge is 0.322 e. The lowest BCUT2D eigenvalue weighted by Gasteiger charge is -2.20. The molecule has 0 atom stereocenters. The molecule has 0 radical (unpaired) electrons. The Morgan fingerprint density at radius 2 is 1.48 bits per heavy atom. The standard InChI is InChI=1S/C25H26FN3O3S/c1-25(2,3)19-5-9-21(10-6-19)27-24(30)29-15-17-4-13-23(14-18(17)16-29)33(31,32)28-22-11-7-20(26)8-12-22/h4-14,28H,15-16H2,1-3H3,(H,27,30). The van der Waals surface area contributed by atoms with Crippen molar-refractivity contribution in [3.8, 4) is 0 Å². The Labute approximate surface area is 193 Å². The van der Waals surface area contributed by atoms with E-state index in [2.05, 4.69) is 30.8 Å². The number of halogens is 1. The van der Waals surface area contributed by atoms with Crippen molar-refractivity contribution in [3.63, 3.8) is 0 Å². The van der Waals surface area contributed by atoms with E-state index in [1.165, 1.54) is 35.9 Å². The van der Waals surface area contributed by atoms with E-state index in [9.17, 15) is 17.6 Å². The average molecular weight is 468 g/mol. The van der Waals surface area contributed by atoms with E-state index in [0.717, 1.165) is 11.1 Å². The van der Waals surface area contributed by atoms with Crippen LogP contribution in [0, 0.1) is 5.82 Å². The van der Waals surface area contributed by atoms with E-state index in [4.69, 9.17) is 0 Å². The number of sulfonamides is 1. The molecular weight excluding hydrogens is 441 g/mol. The van der Waals surface area contributed by atoms with Crippen LogP contribution in [0.4, 0.5) is 20.6 Å². The fourth-order valence-electron chi connectivity index (χ4n) is 3.67. The molecule has 0 aliphatic carbocycles. The highest BCUT2D eigenvalue weighted by molar-refractivity contribution is 7.92. The van der Waals surface area contributed by atoms with E-state index in [0.29, 0.717) is 18.8 Å². The van der Waals surface area contributed by atoms with Crippen LogP contribution in [0.15, 0.2) is 71.6 Å². The molecule has 1 heterocycles. The summed E-state index contributed by atoms with van der Waals surface area (Å²) in [7, 11) is -3.84. The van der Waals surface area contributed by atoms with Gasteiger partial charge in [0.15, 0.2) is 0 Å². The summed E-state index contributed by atoms with van der Waals surface area (Å²) in [6, 6.07) is 17.4. The van der Waals surface area contributed by atoms with Gasteiger partial charge in [0.1, 0.15) is 5.82 Å². The van der Waals surface area contributed by atoms with Crippen LogP contribution < -0.4 is 10.0 Å². The lowest BCUT2D eigenvalue weighted by Crippen LogP contribution is -2.30. The van der Waals surface area contributed by atoms with Crippen molar-refractivity contribution in [1.82, 2.24) is 4.90 Å². The average Bonchev–Trinajstić information content (AvgIpc) is 3.19. The van der Waals surface area contributed by atoms with Gasteiger partial charge in [-0.1, -0.05) is 39.0 Å². The van der Waals surface area contributed by atoms with Gasteiger partial charge in [0.05, 0.1) is 4.90 Å². The molecular formula is C25H26FN3O3S. The summed E-state index contributed by atoms with van der Waals surface area (Å²) in [4.78, 5) is 14.5. The first-order valence-corrected chi connectivity index (χ1v) is 12.1. The van der Waals surface area contributed by atoms with Gasteiger partial charge < -0.3 is 10.2 Å². The van der Waals surface area contributed by atoms with Crippen molar-refractivity contribution in [2.45, 2.75) is 44.2 Å². The van der Waals surface area contributed by atoms with Crippen molar-refractivity contribution >= 4 is 27.4 Å². The van der Waals surface area contributed by atoms with Gasteiger partial charge >= 0.3 is 6.03 Å². The van der Waals surface area contributed by atoms with Gasteiger partial charge in [-0.2, -0.15) is 0 Å². The zero-order valence-electron chi connectivity index (χ0n) is 18.7. The summed E-state index contributed by atoms with van der Waals surface area (Å²) < 4.78 is 41.0. The maximum absolute atomic E-state index is 13.1. The first-order chi connectivity index (χ1) is 15.5. The Hall–Kier alpha value is -3.39. The molecule has 8 heteroatoms. The molecule has 1 aliphatic heterocycles. The number of hydrogen-bond acceptors (Lipinski definition) is 3. The van der Waals surface area contributed by atoms with Crippen LogP contribution in [-0.2, 0) is 28.5 Å². The molecule has 0 saturated carbocycles. The lowest BCUT2D eigenvalue weighted by molar-refractivity contribution is 0.212. The minimum Gasteiger partial charge on any atom is -0.316 e. The number of fused-ring (bicyclic) bond motifs is 1. The highest BCUT2D eigenvalue weighted by Crippen LogP contribution is 2.28. The van der Waals surface area contributed by atoms with Gasteiger partial charge in [0.25, 0.3) is 10.0 Å². The van der Waals surface area contributed by atoms with Crippen LogP contribution in [0.25, 0.3) is 0 Å². The predicted octanol–water partition coefficient (Wildman–Crippen LogP) is 5.47. The number of urea groups is 1. The van der Waals surface area contributed by atoms with E-state index < -0.39 is 15.8 Å². The number of carbonyl (C=O) groups excluding carboxylic acids is 1. The molecule has 33 heavy (non-hydrogen) atoms. The summed E-state index contributed by atoms with van der Waals surface area (Å²) in [6.45, 7) is 7.09. The molecule has 3 aromatic rings. The number of amides is 2. The molecule has 4 rings (SSSR count). The number of benzene rings is 3. The summed E-state index contributed by atoms with van der Waals surface area (Å²) >= 11 is 0. The zero-order chi connectivity index (χ0) is 23.8. The fraction of sp³-hybridized carbons (Fsp3) is 0.240. The molecule has 0 aromatic heterocycles. The van der Waals surface area contributed by atoms with Gasteiger partial charge in [0, 0.05) is 24.5 Å². The molecule has 3 aromatic carbocycles. The quantitative estimate of drug-likeness (QED) is 0.534. The molecule has 0 spiro atoms. The number of carbonyl (C=O) groups is 1. The molecule has 0 fully saturated rings. The zero-order valence-corrected chi connectivity index (χ0v) is 19.5. The summed E-state index contributed by atoms with van der Waals surface area (Å²) in [5.41, 5.74) is 3.86. The van der Waals surface area contributed by atoms with Crippen LogP contribution in [0.1, 0.15) is 37.5 Å². The van der Waals surface area contributed by atoms with Crippen molar-refractivity contribution in [2.75, 3.05) is 10.0 Å². The Bertz CT molecular complexity index is 1280. The molecule has 6 nitrogen and oxygen atoms in total. The van der Waals surface area contributed by atoms with E-state index >= 15 is 0 Å². The van der Waals surface area contributed by atoms with Gasteiger partial charge in [-0.25, -0.2) is 17.6 Å². The summed E-state index contributed by atoms with van der Waals surface area (Å²) in [5, 5.41) is 2.91. The third-order valence-corrected chi connectivity index (χ3v) is 6.98. The first kappa shape index (κ1) is 22.8. The molecule has 2 N–H and O–H groups in total. The molecule has 2 amide bonds. The fourth-order valence-corrected chi connectivity index (χ4v) is 4.78. The van der Waals surface area contributed by atoms with Gasteiger partial charge in [-0.05, 0) is 70.6 Å². The minimum atomic E-state index is -3.84. The molecule has 0 bridgehead atoms. The number of rotatable bonds is 4. The Kier molecular flexibility index (Phi) is 5.88. The monoisotopic (exact) mass is 467 g/mol. The van der Waals surface area contributed by atoms with E-state index in [1.54, 1.807) is 17.0 Å². The second-order valence-corrected chi connectivity index (χ2v) is 10.8. The summed E-state index contributed by atoms with van der Waals surface area (Å²) in [5.74, 6) is -0.445. The summed E-state index contributed by atoms with van der Waals surface area (Å²) in [6.07, 6.45) is 0. The number of nitrogens with one attached hydrogen (secondary N) is 2. The van der Waals surface area contributed by atoms with Crippen LogP contribution in [0.5, 0.6) is 0 Å². The molecule has 172 valence electrons. The molecule has 0 saturated heterocycles. The van der Waals surface area contributed by atoms with Gasteiger partial charge in [-0.15, -0.1) is 0 Å². The highest BCUT2D eigenvalue weighted by Gasteiger charge is 2.26. The maximum Gasteiger partial charge on any atom is 0.322 e. The minimum absolute atomic E-state index is 0.0305. The van der Waals surface area contributed by atoms with Crippen LogP contribution >= 0.6 is 0 Å². The SMILES string of the molecule is CC(C)(C)c1ccc(NC(=O)N2Cc3ccc(S(=O)(=O)Nc4ccc(F)cc4)cc3C2)cc1. The third-order valence-electron chi connectivity index (χ3n) is 5.60. The van der Waals surface area contributed by atoms with Crippen LogP contribution in [0.2, 0.25) is 0 Å². The lowest BCUT2D eigenvalue weighted by atomic mass is 9.87. The number of hydrogen-bond donors (Lipinski definition) is 2. The second-order valence-electron chi connectivity index (χ2n) is 9.16. The van der Waals surface area contributed by atoms with Crippen molar-refractivity contribution in [1.29, 1.82) is 0 Å². The normalized spacial score (nSPS) is 13.5. The Balaban J connectivity index is 1.44. The first-order valence-electron chi connectivity index (χ1n) is 10.6. The Morgan fingerprint density at radius 3 is 2.12 bits per heavy atom. The van der Waals surface area contributed by atoms with Crippen molar-refractivity contribution in [2.24, 2.45) is 0 Å². The topological polar surface area (TPSA) is 78.5 Å². The third kappa shape index (κ3) is 5.17. The Morgan fingerprint density at radius 1 is 0.879 bits per heavy atom. The molecule has 0 unspecified atom stereocenters. The molecule has 1 aliphatic rings. The smallest absolute Gasteiger partial charge is 0.316 e. The van der Waals surface area contributed by atoms with E-state index in [1.807, 2.05) is 24.3 Å². The van der Waals surface area contributed by atoms with Crippen LogP contribution in [-0.4, -0.2) is 19.3 Å². The van der Waals surface area contributed by atoms with Gasteiger partial charge in [0.2, 0.25) is 0 Å². The van der Waals surface area contributed by atoms with Crippen LogP contribution in [0.3, 0.4) is 0 Å².